The minimum absolute atomic E-state index is 0.00276. The zero-order valence-corrected chi connectivity index (χ0v) is 15.2. The SMILES string of the molecule is Cc1ccc(N2CCC(C(=O)NCCn3cncc(C)c3=O)CC2)nn1. The number of piperidine rings is 1. The summed E-state index contributed by atoms with van der Waals surface area (Å²) in [7, 11) is 0. The van der Waals surface area contributed by atoms with Gasteiger partial charge in [0.1, 0.15) is 0 Å². The third kappa shape index (κ3) is 4.25. The Bertz CT molecular complexity index is 809. The van der Waals surface area contributed by atoms with Crippen molar-refractivity contribution in [3.8, 4) is 0 Å². The monoisotopic (exact) mass is 356 g/mol. The van der Waals surface area contributed by atoms with Crippen LogP contribution in [0, 0.1) is 19.8 Å². The Balaban J connectivity index is 1.45. The van der Waals surface area contributed by atoms with Gasteiger partial charge in [0.25, 0.3) is 5.56 Å². The first-order chi connectivity index (χ1) is 12.5. The number of nitrogens with one attached hydrogen (secondary N) is 1. The minimum Gasteiger partial charge on any atom is -0.355 e. The molecule has 26 heavy (non-hydrogen) atoms. The lowest BCUT2D eigenvalue weighted by Gasteiger charge is -2.31. The number of nitrogens with zero attached hydrogens (tertiary/aromatic N) is 5. The second-order valence-electron chi connectivity index (χ2n) is 6.66. The van der Waals surface area contributed by atoms with E-state index in [9.17, 15) is 9.59 Å². The fourth-order valence-electron chi connectivity index (χ4n) is 3.09. The zero-order chi connectivity index (χ0) is 18.5. The van der Waals surface area contributed by atoms with Gasteiger partial charge in [-0.2, -0.15) is 5.10 Å². The summed E-state index contributed by atoms with van der Waals surface area (Å²) in [4.78, 5) is 30.5. The molecule has 3 heterocycles. The molecule has 0 unspecified atom stereocenters. The summed E-state index contributed by atoms with van der Waals surface area (Å²) in [6.45, 7) is 6.07. The van der Waals surface area contributed by atoms with Gasteiger partial charge in [-0.15, -0.1) is 5.10 Å². The summed E-state index contributed by atoms with van der Waals surface area (Å²) in [5, 5.41) is 11.2. The van der Waals surface area contributed by atoms with E-state index in [1.54, 1.807) is 13.1 Å². The van der Waals surface area contributed by atoms with Crippen LogP contribution in [0.15, 0.2) is 29.5 Å². The predicted molar refractivity (Wildman–Crippen MR) is 97.9 cm³/mol. The molecule has 138 valence electrons. The molecule has 1 aliphatic rings. The van der Waals surface area contributed by atoms with Crippen molar-refractivity contribution in [2.75, 3.05) is 24.5 Å². The van der Waals surface area contributed by atoms with Gasteiger partial charge in [-0.05, 0) is 38.8 Å². The number of rotatable bonds is 5. The Morgan fingerprint density at radius 3 is 2.69 bits per heavy atom. The van der Waals surface area contributed by atoms with E-state index < -0.39 is 0 Å². The Morgan fingerprint density at radius 2 is 2.00 bits per heavy atom. The van der Waals surface area contributed by atoms with E-state index in [-0.39, 0.29) is 17.4 Å². The molecule has 2 aromatic heterocycles. The Kier molecular flexibility index (Phi) is 5.60. The fourth-order valence-corrected chi connectivity index (χ4v) is 3.09. The van der Waals surface area contributed by atoms with E-state index in [0.29, 0.717) is 18.7 Å². The Morgan fingerprint density at radius 1 is 1.23 bits per heavy atom. The molecule has 0 aromatic carbocycles. The molecular formula is C18H24N6O2. The highest BCUT2D eigenvalue weighted by Gasteiger charge is 2.25. The largest absolute Gasteiger partial charge is 0.355 e. The van der Waals surface area contributed by atoms with Crippen molar-refractivity contribution in [1.82, 2.24) is 25.1 Å². The highest BCUT2D eigenvalue weighted by Crippen LogP contribution is 2.21. The van der Waals surface area contributed by atoms with Gasteiger partial charge in [-0.1, -0.05) is 0 Å². The molecule has 3 rings (SSSR count). The summed E-state index contributed by atoms with van der Waals surface area (Å²) >= 11 is 0. The van der Waals surface area contributed by atoms with Gasteiger partial charge in [0.05, 0.1) is 12.0 Å². The number of amides is 1. The van der Waals surface area contributed by atoms with Crippen LogP contribution < -0.4 is 15.8 Å². The predicted octanol–water partition coefficient (Wildman–Crippen LogP) is 0.683. The minimum atomic E-state index is -0.0678. The van der Waals surface area contributed by atoms with E-state index in [1.807, 2.05) is 19.1 Å². The van der Waals surface area contributed by atoms with Crippen LogP contribution in [0.2, 0.25) is 0 Å². The van der Waals surface area contributed by atoms with E-state index in [4.69, 9.17) is 0 Å². The molecule has 8 heteroatoms. The molecule has 1 saturated heterocycles. The lowest BCUT2D eigenvalue weighted by Crippen LogP contribution is -2.42. The molecule has 0 radical (unpaired) electrons. The van der Waals surface area contributed by atoms with Gasteiger partial charge in [-0.3, -0.25) is 14.2 Å². The normalized spacial score (nSPS) is 15.1. The molecule has 1 aliphatic heterocycles. The second kappa shape index (κ2) is 8.07. The maximum Gasteiger partial charge on any atom is 0.256 e. The smallest absolute Gasteiger partial charge is 0.256 e. The molecule has 8 nitrogen and oxygen atoms in total. The standard InChI is InChI=1S/C18H24N6O2/c1-13-11-19-12-24(18(13)26)10-7-20-17(25)15-5-8-23(9-6-15)16-4-3-14(2)21-22-16/h3-4,11-12,15H,5-10H2,1-2H3,(H,20,25). The molecule has 0 spiro atoms. The number of carbonyl (C=O) groups excluding carboxylic acids is 1. The topological polar surface area (TPSA) is 93.0 Å². The number of hydrogen-bond donors (Lipinski definition) is 1. The van der Waals surface area contributed by atoms with Crippen LogP contribution in [0.5, 0.6) is 0 Å². The van der Waals surface area contributed by atoms with Gasteiger partial charge in [0.2, 0.25) is 5.91 Å². The van der Waals surface area contributed by atoms with Crippen LogP contribution in [0.4, 0.5) is 5.82 Å². The van der Waals surface area contributed by atoms with Crippen molar-refractivity contribution in [2.24, 2.45) is 5.92 Å². The molecule has 0 bridgehead atoms. The summed E-state index contributed by atoms with van der Waals surface area (Å²) in [6.07, 6.45) is 4.62. The Labute approximate surface area is 152 Å². The third-order valence-electron chi connectivity index (χ3n) is 4.70. The van der Waals surface area contributed by atoms with E-state index >= 15 is 0 Å². The van der Waals surface area contributed by atoms with Crippen LogP contribution in [0.25, 0.3) is 0 Å². The highest BCUT2D eigenvalue weighted by atomic mass is 16.2. The first-order valence-corrected chi connectivity index (χ1v) is 8.88. The number of aromatic nitrogens is 4. The molecule has 1 N–H and O–H groups in total. The lowest BCUT2D eigenvalue weighted by atomic mass is 9.96. The number of carbonyl (C=O) groups is 1. The van der Waals surface area contributed by atoms with Crippen molar-refractivity contribution < 1.29 is 4.79 Å². The fraction of sp³-hybridized carbons (Fsp3) is 0.500. The first kappa shape index (κ1) is 18.0. The zero-order valence-electron chi connectivity index (χ0n) is 15.2. The van der Waals surface area contributed by atoms with Crippen LogP contribution in [-0.2, 0) is 11.3 Å². The maximum absolute atomic E-state index is 12.4. The number of anilines is 1. The van der Waals surface area contributed by atoms with Gasteiger partial charge in [0, 0.05) is 43.9 Å². The third-order valence-corrected chi connectivity index (χ3v) is 4.70. The summed E-state index contributed by atoms with van der Waals surface area (Å²) in [5.74, 6) is 0.908. The van der Waals surface area contributed by atoms with Crippen LogP contribution in [0.3, 0.4) is 0 Å². The quantitative estimate of drug-likeness (QED) is 0.847. The molecule has 2 aromatic rings. The molecular weight excluding hydrogens is 332 g/mol. The van der Waals surface area contributed by atoms with Crippen molar-refractivity contribution in [3.63, 3.8) is 0 Å². The number of hydrogen-bond acceptors (Lipinski definition) is 6. The van der Waals surface area contributed by atoms with E-state index in [2.05, 4.69) is 25.4 Å². The average Bonchev–Trinajstić information content (AvgIpc) is 2.66. The van der Waals surface area contributed by atoms with Crippen LogP contribution >= 0.6 is 0 Å². The first-order valence-electron chi connectivity index (χ1n) is 8.88. The molecule has 1 amide bonds. The van der Waals surface area contributed by atoms with Gasteiger partial charge in [-0.25, -0.2) is 4.98 Å². The summed E-state index contributed by atoms with van der Waals surface area (Å²) in [6, 6.07) is 3.92. The lowest BCUT2D eigenvalue weighted by molar-refractivity contribution is -0.125. The van der Waals surface area contributed by atoms with Crippen molar-refractivity contribution in [1.29, 1.82) is 0 Å². The van der Waals surface area contributed by atoms with E-state index in [0.717, 1.165) is 37.4 Å². The highest BCUT2D eigenvalue weighted by molar-refractivity contribution is 5.78. The van der Waals surface area contributed by atoms with Crippen LogP contribution in [0.1, 0.15) is 24.1 Å². The molecule has 1 fully saturated rings. The van der Waals surface area contributed by atoms with Gasteiger partial charge >= 0.3 is 0 Å². The molecule has 0 saturated carbocycles. The second-order valence-corrected chi connectivity index (χ2v) is 6.66. The van der Waals surface area contributed by atoms with Crippen LogP contribution in [-0.4, -0.2) is 45.3 Å². The maximum atomic E-state index is 12.4. The van der Waals surface area contributed by atoms with Gasteiger partial charge in [0.15, 0.2) is 5.82 Å². The Hall–Kier alpha value is -2.77. The van der Waals surface area contributed by atoms with Crippen molar-refractivity contribution in [2.45, 2.75) is 33.2 Å². The molecule has 0 atom stereocenters. The summed E-state index contributed by atoms with van der Waals surface area (Å²) in [5.41, 5.74) is 1.43. The van der Waals surface area contributed by atoms with Gasteiger partial charge < -0.3 is 10.2 Å². The number of aryl methyl sites for hydroxylation is 2. The molecule has 0 aliphatic carbocycles. The van der Waals surface area contributed by atoms with Crippen molar-refractivity contribution in [3.05, 3.63) is 46.3 Å². The summed E-state index contributed by atoms with van der Waals surface area (Å²) < 4.78 is 1.52. The average molecular weight is 356 g/mol. The van der Waals surface area contributed by atoms with Crippen molar-refractivity contribution >= 4 is 11.7 Å². The van der Waals surface area contributed by atoms with E-state index in [1.165, 1.54) is 10.9 Å².